The number of hydrogen-bond donors (Lipinski definition) is 3. The summed E-state index contributed by atoms with van der Waals surface area (Å²) in [7, 11) is 0. The molecule has 0 unspecified atom stereocenters. The van der Waals surface area contributed by atoms with Gasteiger partial charge in [0, 0.05) is 10.6 Å². The van der Waals surface area contributed by atoms with E-state index in [4.69, 9.17) is 0 Å². The van der Waals surface area contributed by atoms with Crippen molar-refractivity contribution in [1.82, 2.24) is 5.32 Å². The molecule has 0 aliphatic carbocycles. The molecule has 1 aliphatic heterocycles. The molecular weight excluding hydrogens is 316 g/mol. The molecule has 6 nitrogen and oxygen atoms in total. The van der Waals surface area contributed by atoms with Crippen LogP contribution in [0.15, 0.2) is 47.4 Å². The van der Waals surface area contributed by atoms with Crippen LogP contribution in [0, 0.1) is 0 Å². The SMILES string of the molecule is O=C(CSc1cccc(O)c1)Nc1ccc2c(c1)C(=O)NC2=O. The number of hydrogen-bond acceptors (Lipinski definition) is 5. The molecule has 23 heavy (non-hydrogen) atoms. The Bertz CT molecular complexity index is 819. The number of benzene rings is 2. The molecule has 0 atom stereocenters. The van der Waals surface area contributed by atoms with Gasteiger partial charge in [0.2, 0.25) is 5.91 Å². The summed E-state index contributed by atoms with van der Waals surface area (Å²) in [6.45, 7) is 0. The van der Waals surface area contributed by atoms with Gasteiger partial charge in [-0.05, 0) is 36.4 Å². The summed E-state index contributed by atoms with van der Waals surface area (Å²) < 4.78 is 0. The van der Waals surface area contributed by atoms with Gasteiger partial charge in [0.05, 0.1) is 16.9 Å². The van der Waals surface area contributed by atoms with Gasteiger partial charge in [-0.2, -0.15) is 0 Å². The Labute approximate surface area is 135 Å². The van der Waals surface area contributed by atoms with Crippen molar-refractivity contribution in [3.63, 3.8) is 0 Å². The number of rotatable bonds is 4. The molecule has 0 saturated heterocycles. The number of aromatic hydroxyl groups is 1. The molecule has 0 radical (unpaired) electrons. The van der Waals surface area contributed by atoms with Crippen LogP contribution in [0.2, 0.25) is 0 Å². The molecule has 0 fully saturated rings. The molecule has 0 aromatic heterocycles. The van der Waals surface area contributed by atoms with Crippen LogP contribution in [-0.2, 0) is 4.79 Å². The van der Waals surface area contributed by atoms with Crippen molar-refractivity contribution in [3.8, 4) is 5.75 Å². The maximum atomic E-state index is 12.0. The van der Waals surface area contributed by atoms with Gasteiger partial charge in [-0.15, -0.1) is 11.8 Å². The predicted molar refractivity (Wildman–Crippen MR) is 85.7 cm³/mol. The fourth-order valence-electron chi connectivity index (χ4n) is 2.16. The molecule has 3 N–H and O–H groups in total. The smallest absolute Gasteiger partial charge is 0.259 e. The summed E-state index contributed by atoms with van der Waals surface area (Å²) in [6.07, 6.45) is 0. The summed E-state index contributed by atoms with van der Waals surface area (Å²) in [5.41, 5.74) is 1.02. The molecule has 116 valence electrons. The first-order valence-corrected chi connectivity index (χ1v) is 7.73. The maximum Gasteiger partial charge on any atom is 0.259 e. The topological polar surface area (TPSA) is 95.5 Å². The molecule has 0 spiro atoms. The van der Waals surface area contributed by atoms with E-state index in [1.165, 1.54) is 23.9 Å². The van der Waals surface area contributed by atoms with Crippen LogP contribution < -0.4 is 10.6 Å². The van der Waals surface area contributed by atoms with Crippen LogP contribution in [0.25, 0.3) is 0 Å². The quantitative estimate of drug-likeness (QED) is 0.589. The molecule has 7 heteroatoms. The minimum atomic E-state index is -0.463. The monoisotopic (exact) mass is 328 g/mol. The molecule has 0 saturated carbocycles. The Kier molecular flexibility index (Phi) is 4.03. The Morgan fingerprint density at radius 3 is 2.65 bits per heavy atom. The normalized spacial score (nSPS) is 12.7. The van der Waals surface area contributed by atoms with E-state index >= 15 is 0 Å². The predicted octanol–water partition coefficient (Wildman–Crippen LogP) is 2.01. The third kappa shape index (κ3) is 3.35. The van der Waals surface area contributed by atoms with Gasteiger partial charge in [-0.3, -0.25) is 19.7 Å². The van der Waals surface area contributed by atoms with Gasteiger partial charge < -0.3 is 10.4 Å². The number of carbonyl (C=O) groups excluding carboxylic acids is 3. The van der Waals surface area contributed by atoms with Crippen molar-refractivity contribution >= 4 is 35.2 Å². The number of phenolic OH excluding ortho intramolecular Hbond substituents is 1. The summed E-state index contributed by atoms with van der Waals surface area (Å²) in [6, 6.07) is 11.2. The van der Waals surface area contributed by atoms with E-state index in [9.17, 15) is 19.5 Å². The minimum Gasteiger partial charge on any atom is -0.508 e. The van der Waals surface area contributed by atoms with Gasteiger partial charge in [0.1, 0.15) is 5.75 Å². The van der Waals surface area contributed by atoms with Gasteiger partial charge >= 0.3 is 0 Å². The summed E-state index contributed by atoms with van der Waals surface area (Å²) in [5.74, 6) is -0.837. The van der Waals surface area contributed by atoms with Crippen LogP contribution in [0.3, 0.4) is 0 Å². The molecule has 2 aromatic rings. The highest BCUT2D eigenvalue weighted by atomic mass is 32.2. The number of amides is 3. The standard InChI is InChI=1S/C16H12N2O4S/c19-10-2-1-3-11(7-10)23-8-14(20)17-9-4-5-12-13(6-9)16(22)18-15(12)21/h1-7,19H,8H2,(H,17,20)(H,18,21,22). The molecule has 1 aliphatic rings. The molecular formula is C16H12N2O4S. The van der Waals surface area contributed by atoms with Gasteiger partial charge in [-0.1, -0.05) is 6.07 Å². The van der Waals surface area contributed by atoms with Crippen LogP contribution >= 0.6 is 11.8 Å². The average Bonchev–Trinajstić information content (AvgIpc) is 2.80. The Hall–Kier alpha value is -2.80. The first-order valence-electron chi connectivity index (χ1n) is 6.74. The van der Waals surface area contributed by atoms with E-state index in [-0.39, 0.29) is 23.0 Å². The Morgan fingerprint density at radius 2 is 1.87 bits per heavy atom. The number of nitrogens with one attached hydrogen (secondary N) is 2. The highest BCUT2D eigenvalue weighted by Crippen LogP contribution is 2.23. The summed E-state index contributed by atoms with van der Waals surface area (Å²) >= 11 is 1.28. The van der Waals surface area contributed by atoms with E-state index < -0.39 is 11.8 Å². The van der Waals surface area contributed by atoms with E-state index in [1.54, 1.807) is 30.3 Å². The Morgan fingerprint density at radius 1 is 1.09 bits per heavy atom. The molecule has 3 amide bonds. The fourth-order valence-corrected chi connectivity index (χ4v) is 2.91. The van der Waals surface area contributed by atoms with Crippen molar-refractivity contribution in [1.29, 1.82) is 0 Å². The highest BCUT2D eigenvalue weighted by molar-refractivity contribution is 8.00. The first kappa shape index (κ1) is 15.1. The first-order chi connectivity index (χ1) is 11.0. The number of phenols is 1. The number of anilines is 1. The lowest BCUT2D eigenvalue weighted by molar-refractivity contribution is -0.113. The van der Waals surface area contributed by atoms with Crippen molar-refractivity contribution in [2.24, 2.45) is 0 Å². The fraction of sp³-hybridized carbons (Fsp3) is 0.0625. The van der Waals surface area contributed by atoms with Crippen molar-refractivity contribution in [2.75, 3.05) is 11.1 Å². The lowest BCUT2D eigenvalue weighted by Gasteiger charge is -2.06. The lowest BCUT2D eigenvalue weighted by atomic mass is 10.1. The number of carbonyl (C=O) groups is 3. The largest absolute Gasteiger partial charge is 0.508 e. The van der Waals surface area contributed by atoms with E-state index in [2.05, 4.69) is 10.6 Å². The number of fused-ring (bicyclic) bond motifs is 1. The van der Waals surface area contributed by atoms with Gasteiger partial charge in [0.15, 0.2) is 0 Å². The van der Waals surface area contributed by atoms with E-state index in [1.807, 2.05) is 0 Å². The van der Waals surface area contributed by atoms with Gasteiger partial charge in [0.25, 0.3) is 11.8 Å². The lowest BCUT2D eigenvalue weighted by Crippen LogP contribution is -2.19. The van der Waals surface area contributed by atoms with Crippen molar-refractivity contribution < 1.29 is 19.5 Å². The average molecular weight is 328 g/mol. The zero-order valence-corrected chi connectivity index (χ0v) is 12.6. The second kappa shape index (κ2) is 6.13. The summed E-state index contributed by atoms with van der Waals surface area (Å²) in [5, 5.41) is 14.2. The van der Waals surface area contributed by atoms with Crippen molar-refractivity contribution in [2.45, 2.75) is 4.90 Å². The molecule has 3 rings (SSSR count). The van der Waals surface area contributed by atoms with Crippen LogP contribution in [-0.4, -0.2) is 28.6 Å². The van der Waals surface area contributed by atoms with Crippen LogP contribution in [0.1, 0.15) is 20.7 Å². The molecule has 2 aromatic carbocycles. The van der Waals surface area contributed by atoms with Crippen LogP contribution in [0.4, 0.5) is 5.69 Å². The minimum absolute atomic E-state index is 0.143. The second-order valence-electron chi connectivity index (χ2n) is 4.88. The van der Waals surface area contributed by atoms with Gasteiger partial charge in [-0.25, -0.2) is 0 Å². The number of thioether (sulfide) groups is 1. The molecule has 1 heterocycles. The second-order valence-corrected chi connectivity index (χ2v) is 5.93. The van der Waals surface area contributed by atoms with E-state index in [0.29, 0.717) is 11.3 Å². The Balaban J connectivity index is 1.63. The summed E-state index contributed by atoms with van der Waals surface area (Å²) in [4.78, 5) is 35.8. The third-order valence-corrected chi connectivity index (χ3v) is 4.20. The zero-order valence-electron chi connectivity index (χ0n) is 11.8. The van der Waals surface area contributed by atoms with Crippen molar-refractivity contribution in [3.05, 3.63) is 53.6 Å². The third-order valence-electron chi connectivity index (χ3n) is 3.21. The van der Waals surface area contributed by atoms with Crippen LogP contribution in [0.5, 0.6) is 5.75 Å². The highest BCUT2D eigenvalue weighted by Gasteiger charge is 2.26. The van der Waals surface area contributed by atoms with E-state index in [0.717, 1.165) is 4.90 Å². The maximum absolute atomic E-state index is 12.0. The number of imide groups is 1. The zero-order chi connectivity index (χ0) is 16.4. The molecule has 0 bridgehead atoms.